The fourth-order valence-corrected chi connectivity index (χ4v) is 14.2. The molecule has 2 saturated carbocycles. The Morgan fingerprint density at radius 1 is 0.300 bits per heavy atom. The molecule has 2 aliphatic carbocycles. The van der Waals surface area contributed by atoms with Crippen molar-refractivity contribution in [2.75, 3.05) is 9.80 Å². The first-order chi connectivity index (χ1) is 34.7. The summed E-state index contributed by atoms with van der Waals surface area (Å²) in [6, 6.07) is 75.3. The summed E-state index contributed by atoms with van der Waals surface area (Å²) >= 11 is 0. The summed E-state index contributed by atoms with van der Waals surface area (Å²) in [5, 5.41) is 0. The number of fused-ring (bicyclic) bond motifs is 10. The Kier molecular flexibility index (Phi) is 9.36. The van der Waals surface area contributed by atoms with Gasteiger partial charge in [-0.2, -0.15) is 0 Å². The van der Waals surface area contributed by atoms with Crippen LogP contribution in [0.2, 0.25) is 0 Å². The predicted octanol–water partition coefficient (Wildman–Crippen LogP) is 13.7. The van der Waals surface area contributed by atoms with Crippen LogP contribution in [0.25, 0.3) is 44.5 Å². The zero-order valence-corrected chi connectivity index (χ0v) is 39.8. The smallest absolute Gasteiger partial charge is 0.248 e. The van der Waals surface area contributed by atoms with Crippen molar-refractivity contribution < 1.29 is 0 Å². The fourth-order valence-electron chi connectivity index (χ4n) is 14.2. The van der Waals surface area contributed by atoms with Gasteiger partial charge in [-0.15, -0.1) is 0 Å². The summed E-state index contributed by atoms with van der Waals surface area (Å²) in [7, 11) is 0. The van der Waals surface area contributed by atoms with Crippen LogP contribution in [-0.2, 0) is 0 Å². The molecule has 4 heterocycles. The number of para-hydroxylation sites is 2. The van der Waals surface area contributed by atoms with Crippen LogP contribution in [0.5, 0.6) is 0 Å². The zero-order valence-electron chi connectivity index (χ0n) is 39.8. The molecular formula is C66H54B2N2. The second kappa shape index (κ2) is 16.1. The molecule has 0 saturated heterocycles. The van der Waals surface area contributed by atoms with Gasteiger partial charge in [0.15, 0.2) is 0 Å². The molecule has 0 bridgehead atoms. The Morgan fingerprint density at radius 2 is 0.700 bits per heavy atom. The summed E-state index contributed by atoms with van der Waals surface area (Å²) in [6.07, 6.45) is 13.5. The summed E-state index contributed by atoms with van der Waals surface area (Å²) in [5.74, 6) is 1.41. The molecule has 334 valence electrons. The highest BCUT2D eigenvalue weighted by atomic mass is 15.2. The van der Waals surface area contributed by atoms with Gasteiger partial charge in [-0.05, 0) is 176 Å². The van der Waals surface area contributed by atoms with E-state index >= 15 is 0 Å². The molecule has 4 aliphatic heterocycles. The van der Waals surface area contributed by atoms with Crippen LogP contribution in [0.1, 0.15) is 87.2 Å². The molecule has 6 aliphatic rings. The van der Waals surface area contributed by atoms with E-state index in [2.05, 4.69) is 204 Å². The van der Waals surface area contributed by atoms with E-state index in [1.54, 1.807) is 0 Å². The topological polar surface area (TPSA) is 6.48 Å². The third-order valence-corrected chi connectivity index (χ3v) is 17.5. The second-order valence-corrected chi connectivity index (χ2v) is 21.2. The van der Waals surface area contributed by atoms with Crippen LogP contribution in [0, 0.1) is 0 Å². The van der Waals surface area contributed by atoms with Crippen molar-refractivity contribution in [1.29, 1.82) is 0 Å². The first-order valence-electron chi connectivity index (χ1n) is 26.4. The maximum atomic E-state index is 2.60. The van der Waals surface area contributed by atoms with Crippen molar-refractivity contribution in [2.24, 2.45) is 0 Å². The van der Waals surface area contributed by atoms with Gasteiger partial charge in [0.1, 0.15) is 0 Å². The third-order valence-electron chi connectivity index (χ3n) is 17.5. The van der Waals surface area contributed by atoms with Crippen molar-refractivity contribution in [3.63, 3.8) is 0 Å². The zero-order chi connectivity index (χ0) is 45.9. The van der Waals surface area contributed by atoms with Crippen LogP contribution in [0.4, 0.5) is 34.1 Å². The number of nitrogens with zero attached hydrogens (tertiary/aromatic N) is 2. The normalized spacial score (nSPS) is 16.3. The molecule has 0 spiro atoms. The maximum absolute atomic E-state index is 2.60. The van der Waals surface area contributed by atoms with Crippen LogP contribution in [0.3, 0.4) is 0 Å². The summed E-state index contributed by atoms with van der Waals surface area (Å²) in [5.41, 5.74) is 29.4. The lowest BCUT2D eigenvalue weighted by atomic mass is 9.34. The fraction of sp³-hybridized carbons (Fsp3) is 0.182. The Balaban J connectivity index is 0.903. The van der Waals surface area contributed by atoms with Crippen LogP contribution in [0.15, 0.2) is 194 Å². The van der Waals surface area contributed by atoms with E-state index in [4.69, 9.17) is 0 Å². The highest BCUT2D eigenvalue weighted by Crippen LogP contribution is 2.46. The predicted molar refractivity (Wildman–Crippen MR) is 299 cm³/mol. The highest BCUT2D eigenvalue weighted by molar-refractivity contribution is 7.03. The van der Waals surface area contributed by atoms with Crippen molar-refractivity contribution in [1.82, 2.24) is 0 Å². The average Bonchev–Trinajstić information content (AvgIpc) is 3.96. The highest BCUT2D eigenvalue weighted by Gasteiger charge is 2.47. The number of anilines is 6. The van der Waals surface area contributed by atoms with Crippen LogP contribution in [-0.4, -0.2) is 13.4 Å². The van der Waals surface area contributed by atoms with Crippen molar-refractivity contribution in [2.45, 2.75) is 76.0 Å². The lowest BCUT2D eigenvalue weighted by Crippen LogP contribution is -2.58. The molecule has 4 heteroatoms. The Labute approximate surface area is 413 Å². The van der Waals surface area contributed by atoms with Gasteiger partial charge in [0, 0.05) is 34.1 Å². The quantitative estimate of drug-likeness (QED) is 0.153. The van der Waals surface area contributed by atoms with E-state index in [-0.39, 0.29) is 13.4 Å². The SMILES string of the molecule is c1ccc(N2c3cc4c(cc3B3c5ccc(-c6ccc(C7CCCCC7)cc6)cc5-c5cccc2c53)N(c2ccccc2)c2cccc3c2B4c2ccc(-c4ccc(C5CCCCC5)cc4)cc2-3)cc1. The molecule has 9 aromatic rings. The molecule has 0 radical (unpaired) electrons. The third kappa shape index (κ3) is 6.21. The molecule has 9 aromatic carbocycles. The molecule has 0 atom stereocenters. The standard InChI is InChI=1S/C66H54B2N2/c1-5-15-43(16-6-1)45-27-31-47(32-28-45)49-35-37-57-55(39-49)53-23-13-25-61-65(53)67(57)59-41-64-60(42-63(59)69(61)51-19-9-3-10-20-51)68-58-38-36-50(48-33-29-46(30-34-48)44-17-7-2-8-18-44)40-56(58)54-24-14-26-62(66(54)68)70(64)52-21-11-4-12-22-52/h3-4,9-14,19-44H,1-2,5-8,15-18H2. The van der Waals surface area contributed by atoms with Gasteiger partial charge in [0.05, 0.1) is 0 Å². The van der Waals surface area contributed by atoms with E-state index in [1.165, 1.54) is 187 Å². The van der Waals surface area contributed by atoms with Gasteiger partial charge < -0.3 is 9.80 Å². The molecule has 0 amide bonds. The van der Waals surface area contributed by atoms with Crippen LogP contribution < -0.4 is 42.6 Å². The number of hydrogen-bond donors (Lipinski definition) is 0. The molecule has 2 nitrogen and oxygen atoms in total. The average molecular weight is 897 g/mol. The Hall–Kier alpha value is -7.29. The Morgan fingerprint density at radius 3 is 1.11 bits per heavy atom. The van der Waals surface area contributed by atoms with Gasteiger partial charge >= 0.3 is 0 Å². The summed E-state index contributed by atoms with van der Waals surface area (Å²) in [4.78, 5) is 5.15. The van der Waals surface area contributed by atoms with E-state index in [0.717, 1.165) is 0 Å². The summed E-state index contributed by atoms with van der Waals surface area (Å²) < 4.78 is 0. The molecule has 2 fully saturated rings. The van der Waals surface area contributed by atoms with Gasteiger partial charge in [0.25, 0.3) is 0 Å². The minimum Gasteiger partial charge on any atom is -0.312 e. The molecule has 70 heavy (non-hydrogen) atoms. The Bertz CT molecular complexity index is 3280. The van der Waals surface area contributed by atoms with Crippen molar-refractivity contribution in [3.05, 3.63) is 205 Å². The minimum absolute atomic E-state index is 0.0949. The van der Waals surface area contributed by atoms with Gasteiger partial charge in [-0.25, -0.2) is 0 Å². The van der Waals surface area contributed by atoms with Crippen LogP contribution >= 0.6 is 0 Å². The number of hydrogen-bond acceptors (Lipinski definition) is 2. The molecular weight excluding hydrogens is 842 g/mol. The lowest BCUT2D eigenvalue weighted by Gasteiger charge is -2.41. The van der Waals surface area contributed by atoms with E-state index in [1.807, 2.05) is 0 Å². The monoisotopic (exact) mass is 896 g/mol. The van der Waals surface area contributed by atoms with Crippen molar-refractivity contribution >= 4 is 80.3 Å². The van der Waals surface area contributed by atoms with Gasteiger partial charge in [-0.3, -0.25) is 0 Å². The van der Waals surface area contributed by atoms with E-state index in [0.29, 0.717) is 11.8 Å². The minimum atomic E-state index is 0.0949. The molecule has 0 unspecified atom stereocenters. The lowest BCUT2D eigenvalue weighted by molar-refractivity contribution is 0.443. The second-order valence-electron chi connectivity index (χ2n) is 21.2. The summed E-state index contributed by atoms with van der Waals surface area (Å²) in [6.45, 7) is 0.190. The molecule has 0 N–H and O–H groups in total. The van der Waals surface area contributed by atoms with E-state index in [9.17, 15) is 0 Å². The largest absolute Gasteiger partial charge is 0.312 e. The van der Waals surface area contributed by atoms with Crippen molar-refractivity contribution in [3.8, 4) is 44.5 Å². The first kappa shape index (κ1) is 40.6. The number of benzene rings is 9. The first-order valence-corrected chi connectivity index (χ1v) is 26.4. The number of rotatable bonds is 6. The van der Waals surface area contributed by atoms with E-state index < -0.39 is 0 Å². The molecule has 0 aromatic heterocycles. The maximum Gasteiger partial charge on any atom is 0.248 e. The molecule has 15 rings (SSSR count). The van der Waals surface area contributed by atoms with Gasteiger partial charge in [-0.1, -0.05) is 183 Å². The van der Waals surface area contributed by atoms with Gasteiger partial charge in [0.2, 0.25) is 13.4 Å².